The lowest BCUT2D eigenvalue weighted by Gasteiger charge is -2.19. The topological polar surface area (TPSA) is 21.3 Å². The quantitative estimate of drug-likeness (QED) is 0.688. The highest BCUT2D eigenvalue weighted by molar-refractivity contribution is 5.21. The first kappa shape index (κ1) is 15.5. The van der Waals surface area contributed by atoms with E-state index in [0.717, 1.165) is 31.9 Å². The molecule has 1 unspecified atom stereocenters. The predicted octanol–water partition coefficient (Wildman–Crippen LogP) is 4.07. The van der Waals surface area contributed by atoms with Crippen LogP contribution in [-0.4, -0.2) is 19.3 Å². The average Bonchev–Trinajstić information content (AvgIpc) is 3.23. The maximum absolute atomic E-state index is 13.0. The molecule has 1 saturated carbocycles. The van der Waals surface area contributed by atoms with Crippen molar-refractivity contribution >= 4 is 0 Å². The maximum atomic E-state index is 13.0. The lowest BCUT2D eigenvalue weighted by Crippen LogP contribution is -2.24. The normalized spacial score (nSPS) is 16.6. The van der Waals surface area contributed by atoms with Crippen molar-refractivity contribution in [2.75, 3.05) is 13.2 Å². The Hall–Kier alpha value is -0.930. The molecule has 0 aliphatic heterocycles. The van der Waals surface area contributed by atoms with Crippen molar-refractivity contribution in [2.45, 2.75) is 51.7 Å². The first-order valence-electron chi connectivity index (χ1n) is 7.77. The van der Waals surface area contributed by atoms with Gasteiger partial charge in [-0.05, 0) is 69.7 Å². The van der Waals surface area contributed by atoms with Crippen LogP contribution in [0.4, 0.5) is 4.39 Å². The van der Waals surface area contributed by atoms with Crippen LogP contribution in [0, 0.1) is 11.7 Å². The van der Waals surface area contributed by atoms with Crippen LogP contribution in [0.1, 0.15) is 51.1 Å². The maximum Gasteiger partial charge on any atom is 0.123 e. The zero-order valence-corrected chi connectivity index (χ0v) is 12.6. The third-order valence-electron chi connectivity index (χ3n) is 3.71. The fraction of sp³-hybridized carbons (Fsp3) is 0.647. The Bertz CT molecular complexity index is 386. The second kappa shape index (κ2) is 7.75. The van der Waals surface area contributed by atoms with Crippen LogP contribution in [0.2, 0.25) is 0 Å². The molecule has 0 spiro atoms. The van der Waals surface area contributed by atoms with Gasteiger partial charge in [-0.3, -0.25) is 0 Å². The summed E-state index contributed by atoms with van der Waals surface area (Å²) < 4.78 is 18.5. The van der Waals surface area contributed by atoms with Crippen LogP contribution in [0.5, 0.6) is 0 Å². The van der Waals surface area contributed by atoms with Gasteiger partial charge in [0.05, 0.1) is 6.10 Å². The van der Waals surface area contributed by atoms with E-state index in [0.29, 0.717) is 12.1 Å². The number of halogens is 1. The van der Waals surface area contributed by atoms with Crippen molar-refractivity contribution < 1.29 is 9.13 Å². The van der Waals surface area contributed by atoms with Gasteiger partial charge in [0.15, 0.2) is 0 Å². The summed E-state index contributed by atoms with van der Waals surface area (Å²) in [7, 11) is 0. The van der Waals surface area contributed by atoms with Crippen LogP contribution in [0.25, 0.3) is 0 Å². The summed E-state index contributed by atoms with van der Waals surface area (Å²) >= 11 is 0. The molecule has 112 valence electrons. The molecule has 2 nitrogen and oxygen atoms in total. The molecule has 1 aromatic rings. The molecule has 1 N–H and O–H groups in total. The van der Waals surface area contributed by atoms with Crippen LogP contribution in [0.3, 0.4) is 0 Å². The summed E-state index contributed by atoms with van der Waals surface area (Å²) in [6.45, 7) is 5.97. The van der Waals surface area contributed by atoms with Crippen molar-refractivity contribution in [3.63, 3.8) is 0 Å². The number of ether oxygens (including phenoxy) is 1. The molecule has 1 aromatic carbocycles. The standard InChI is InChI=1S/C17H26FNO/c1-13(2)20-12-4-3-11-19-17(14-5-6-14)15-7-9-16(18)10-8-15/h7-10,13-14,17,19H,3-6,11-12H2,1-2H3. The Morgan fingerprint density at radius 1 is 1.20 bits per heavy atom. The van der Waals surface area contributed by atoms with Gasteiger partial charge in [-0.1, -0.05) is 12.1 Å². The van der Waals surface area contributed by atoms with Gasteiger partial charge in [0.1, 0.15) is 5.82 Å². The molecule has 0 bridgehead atoms. The Morgan fingerprint density at radius 2 is 1.90 bits per heavy atom. The molecule has 20 heavy (non-hydrogen) atoms. The molecule has 0 radical (unpaired) electrons. The summed E-state index contributed by atoms with van der Waals surface area (Å²) in [6, 6.07) is 7.33. The third kappa shape index (κ3) is 5.22. The van der Waals surface area contributed by atoms with E-state index in [2.05, 4.69) is 19.2 Å². The minimum Gasteiger partial charge on any atom is -0.379 e. The minimum absolute atomic E-state index is 0.158. The average molecular weight is 279 g/mol. The number of unbranched alkanes of at least 4 members (excludes halogenated alkanes) is 1. The second-order valence-electron chi connectivity index (χ2n) is 5.95. The monoisotopic (exact) mass is 279 g/mol. The van der Waals surface area contributed by atoms with Crippen molar-refractivity contribution in [2.24, 2.45) is 5.92 Å². The molecule has 1 aliphatic carbocycles. The predicted molar refractivity (Wildman–Crippen MR) is 80.2 cm³/mol. The smallest absolute Gasteiger partial charge is 0.123 e. The van der Waals surface area contributed by atoms with Crippen molar-refractivity contribution in [1.29, 1.82) is 0 Å². The van der Waals surface area contributed by atoms with Crippen LogP contribution in [-0.2, 0) is 4.74 Å². The molecular weight excluding hydrogens is 253 g/mol. The SMILES string of the molecule is CC(C)OCCCCNC(c1ccc(F)cc1)C1CC1. The van der Waals surface area contributed by atoms with Crippen molar-refractivity contribution in [1.82, 2.24) is 5.32 Å². The summed E-state index contributed by atoms with van der Waals surface area (Å²) in [5.41, 5.74) is 1.22. The van der Waals surface area contributed by atoms with Gasteiger partial charge in [-0.2, -0.15) is 0 Å². The lowest BCUT2D eigenvalue weighted by atomic mass is 10.0. The zero-order chi connectivity index (χ0) is 14.4. The lowest BCUT2D eigenvalue weighted by molar-refractivity contribution is 0.0759. The van der Waals surface area contributed by atoms with Crippen molar-refractivity contribution in [3.05, 3.63) is 35.6 Å². The van der Waals surface area contributed by atoms with Gasteiger partial charge in [-0.25, -0.2) is 4.39 Å². The highest BCUT2D eigenvalue weighted by atomic mass is 19.1. The van der Waals surface area contributed by atoms with Gasteiger partial charge in [0.2, 0.25) is 0 Å². The molecular formula is C17H26FNO. The molecule has 1 fully saturated rings. The first-order chi connectivity index (χ1) is 9.66. The van der Waals surface area contributed by atoms with Gasteiger partial charge >= 0.3 is 0 Å². The van der Waals surface area contributed by atoms with Gasteiger partial charge in [0, 0.05) is 12.6 Å². The zero-order valence-electron chi connectivity index (χ0n) is 12.6. The Labute approximate surface area is 121 Å². The number of rotatable bonds is 9. The number of nitrogens with one attached hydrogen (secondary N) is 1. The molecule has 0 saturated heterocycles. The summed E-state index contributed by atoms with van der Waals surface area (Å²) in [4.78, 5) is 0. The van der Waals surface area contributed by atoms with Crippen LogP contribution < -0.4 is 5.32 Å². The first-order valence-corrected chi connectivity index (χ1v) is 7.77. The molecule has 0 heterocycles. The Balaban J connectivity index is 1.72. The molecule has 3 heteroatoms. The van der Waals surface area contributed by atoms with E-state index in [-0.39, 0.29) is 5.82 Å². The number of hydrogen-bond donors (Lipinski definition) is 1. The molecule has 1 aliphatic rings. The van der Waals surface area contributed by atoms with E-state index in [4.69, 9.17) is 4.74 Å². The fourth-order valence-electron chi connectivity index (χ4n) is 2.46. The number of benzene rings is 1. The van der Waals surface area contributed by atoms with Crippen molar-refractivity contribution in [3.8, 4) is 0 Å². The van der Waals surface area contributed by atoms with Gasteiger partial charge < -0.3 is 10.1 Å². The van der Waals surface area contributed by atoms with E-state index in [1.807, 2.05) is 12.1 Å². The second-order valence-corrected chi connectivity index (χ2v) is 5.95. The van der Waals surface area contributed by atoms with E-state index in [1.54, 1.807) is 12.1 Å². The van der Waals surface area contributed by atoms with Crippen LogP contribution >= 0.6 is 0 Å². The van der Waals surface area contributed by atoms with E-state index < -0.39 is 0 Å². The van der Waals surface area contributed by atoms with Crippen LogP contribution in [0.15, 0.2) is 24.3 Å². The highest BCUT2D eigenvalue weighted by Crippen LogP contribution is 2.40. The summed E-state index contributed by atoms with van der Waals surface area (Å²) in [5, 5.41) is 3.63. The van der Waals surface area contributed by atoms with E-state index >= 15 is 0 Å². The highest BCUT2D eigenvalue weighted by Gasteiger charge is 2.31. The fourth-order valence-corrected chi connectivity index (χ4v) is 2.46. The third-order valence-corrected chi connectivity index (χ3v) is 3.71. The summed E-state index contributed by atoms with van der Waals surface area (Å²) in [6.07, 6.45) is 5.10. The van der Waals surface area contributed by atoms with E-state index in [1.165, 1.54) is 18.4 Å². The van der Waals surface area contributed by atoms with Gasteiger partial charge in [0.25, 0.3) is 0 Å². The number of hydrogen-bond acceptors (Lipinski definition) is 2. The Morgan fingerprint density at radius 3 is 2.50 bits per heavy atom. The summed E-state index contributed by atoms with van der Waals surface area (Å²) in [5.74, 6) is 0.571. The minimum atomic E-state index is -0.158. The van der Waals surface area contributed by atoms with E-state index in [9.17, 15) is 4.39 Å². The molecule has 2 rings (SSSR count). The molecule has 0 aromatic heterocycles. The molecule has 1 atom stereocenters. The van der Waals surface area contributed by atoms with Gasteiger partial charge in [-0.15, -0.1) is 0 Å². The largest absolute Gasteiger partial charge is 0.379 e. The Kier molecular flexibility index (Phi) is 5.99. The molecule has 0 amide bonds.